The molecular formula is C16H21NO. The molecule has 0 saturated heterocycles. The Balaban J connectivity index is 2.18. The van der Waals surface area contributed by atoms with Crippen molar-refractivity contribution in [3.05, 3.63) is 47.7 Å². The molecule has 0 aliphatic heterocycles. The van der Waals surface area contributed by atoms with Crippen LogP contribution in [0.25, 0.3) is 11.3 Å². The molecule has 0 fully saturated rings. The molecule has 0 amide bonds. The molecule has 2 heteroatoms. The van der Waals surface area contributed by atoms with Gasteiger partial charge in [0.1, 0.15) is 11.5 Å². The van der Waals surface area contributed by atoms with E-state index in [1.165, 1.54) is 5.56 Å². The Labute approximate surface area is 109 Å². The molecule has 0 bridgehead atoms. The van der Waals surface area contributed by atoms with Crippen molar-refractivity contribution < 1.29 is 4.42 Å². The number of hydrogen-bond acceptors (Lipinski definition) is 2. The van der Waals surface area contributed by atoms with Crippen LogP contribution in [0.4, 0.5) is 0 Å². The summed E-state index contributed by atoms with van der Waals surface area (Å²) in [6.45, 7) is 4.32. The molecule has 0 aliphatic rings. The van der Waals surface area contributed by atoms with Crippen LogP contribution in [0.15, 0.2) is 40.8 Å². The van der Waals surface area contributed by atoms with Crippen molar-refractivity contribution in [3.63, 3.8) is 0 Å². The van der Waals surface area contributed by atoms with Gasteiger partial charge in [-0.15, -0.1) is 0 Å². The molecule has 1 unspecified atom stereocenters. The molecule has 1 aromatic carbocycles. The Hall–Kier alpha value is -1.54. The fourth-order valence-electron chi connectivity index (χ4n) is 1.99. The lowest BCUT2D eigenvalue weighted by Gasteiger charge is -2.07. The van der Waals surface area contributed by atoms with E-state index in [1.807, 2.05) is 7.05 Å². The zero-order chi connectivity index (χ0) is 13.0. The summed E-state index contributed by atoms with van der Waals surface area (Å²) in [5, 5.41) is 3.22. The summed E-state index contributed by atoms with van der Waals surface area (Å²) in [5.41, 5.74) is 2.51. The van der Waals surface area contributed by atoms with Crippen molar-refractivity contribution >= 4 is 0 Å². The van der Waals surface area contributed by atoms with Crippen molar-refractivity contribution in [1.82, 2.24) is 5.32 Å². The maximum absolute atomic E-state index is 5.90. The number of benzene rings is 1. The molecule has 96 valence electrons. The van der Waals surface area contributed by atoms with Crippen LogP contribution in [0.2, 0.25) is 0 Å². The van der Waals surface area contributed by atoms with Crippen LogP contribution in [0.3, 0.4) is 0 Å². The van der Waals surface area contributed by atoms with E-state index in [-0.39, 0.29) is 0 Å². The standard InChI is InChI=1S/C16H21NO/c1-4-13-6-5-7-14(11-13)16-9-8-15(18-16)10-12(2)17-3/h5-9,11-12,17H,4,10H2,1-3H3. The van der Waals surface area contributed by atoms with Gasteiger partial charge in [-0.05, 0) is 44.2 Å². The highest BCUT2D eigenvalue weighted by Gasteiger charge is 2.07. The van der Waals surface area contributed by atoms with Gasteiger partial charge in [0.15, 0.2) is 0 Å². The molecule has 2 aromatic rings. The zero-order valence-electron chi connectivity index (χ0n) is 11.4. The van der Waals surface area contributed by atoms with Gasteiger partial charge in [0.25, 0.3) is 0 Å². The van der Waals surface area contributed by atoms with Gasteiger partial charge in [0, 0.05) is 18.0 Å². The number of likely N-dealkylation sites (N-methyl/N-ethyl adjacent to an activating group) is 1. The Bertz CT molecular complexity index is 501. The fraction of sp³-hybridized carbons (Fsp3) is 0.375. The van der Waals surface area contributed by atoms with E-state index in [9.17, 15) is 0 Å². The summed E-state index contributed by atoms with van der Waals surface area (Å²) in [4.78, 5) is 0. The normalized spacial score (nSPS) is 12.6. The van der Waals surface area contributed by atoms with Crippen LogP contribution in [0.1, 0.15) is 25.2 Å². The maximum atomic E-state index is 5.90. The summed E-state index contributed by atoms with van der Waals surface area (Å²) >= 11 is 0. The van der Waals surface area contributed by atoms with Gasteiger partial charge in [0.2, 0.25) is 0 Å². The van der Waals surface area contributed by atoms with Gasteiger partial charge in [-0.3, -0.25) is 0 Å². The van der Waals surface area contributed by atoms with Gasteiger partial charge < -0.3 is 9.73 Å². The maximum Gasteiger partial charge on any atom is 0.134 e. The molecule has 18 heavy (non-hydrogen) atoms. The van der Waals surface area contributed by atoms with Crippen molar-refractivity contribution in [2.75, 3.05) is 7.05 Å². The second kappa shape index (κ2) is 5.87. The monoisotopic (exact) mass is 243 g/mol. The van der Waals surface area contributed by atoms with Gasteiger partial charge in [-0.25, -0.2) is 0 Å². The van der Waals surface area contributed by atoms with Gasteiger partial charge in [-0.1, -0.05) is 25.1 Å². The lowest BCUT2D eigenvalue weighted by molar-refractivity contribution is 0.481. The van der Waals surface area contributed by atoms with Crippen LogP contribution in [-0.2, 0) is 12.8 Å². The second-order valence-corrected chi connectivity index (χ2v) is 4.71. The average molecular weight is 243 g/mol. The third-order valence-corrected chi connectivity index (χ3v) is 3.28. The smallest absolute Gasteiger partial charge is 0.134 e. The van der Waals surface area contributed by atoms with E-state index in [2.05, 4.69) is 55.6 Å². The predicted molar refractivity (Wildman–Crippen MR) is 75.7 cm³/mol. The highest BCUT2D eigenvalue weighted by molar-refractivity contribution is 5.58. The minimum atomic E-state index is 0.436. The molecule has 1 atom stereocenters. The number of nitrogens with one attached hydrogen (secondary N) is 1. The predicted octanol–water partition coefficient (Wildman–Crippen LogP) is 3.66. The Morgan fingerprint density at radius 1 is 1.22 bits per heavy atom. The van der Waals surface area contributed by atoms with Crippen LogP contribution < -0.4 is 5.32 Å². The number of hydrogen-bond donors (Lipinski definition) is 1. The van der Waals surface area contributed by atoms with Crippen molar-refractivity contribution in [3.8, 4) is 11.3 Å². The van der Waals surface area contributed by atoms with Gasteiger partial charge in [-0.2, -0.15) is 0 Å². The first-order valence-corrected chi connectivity index (χ1v) is 6.58. The quantitative estimate of drug-likeness (QED) is 0.867. The molecule has 0 radical (unpaired) electrons. The molecule has 1 N–H and O–H groups in total. The minimum absolute atomic E-state index is 0.436. The summed E-state index contributed by atoms with van der Waals surface area (Å²) in [6.07, 6.45) is 1.97. The number of aryl methyl sites for hydroxylation is 1. The van der Waals surface area contributed by atoms with Crippen LogP contribution in [-0.4, -0.2) is 13.1 Å². The summed E-state index contributed by atoms with van der Waals surface area (Å²) in [6, 6.07) is 13.1. The second-order valence-electron chi connectivity index (χ2n) is 4.71. The molecule has 0 spiro atoms. The molecule has 1 aromatic heterocycles. The van der Waals surface area contributed by atoms with E-state index < -0.39 is 0 Å². The first-order chi connectivity index (χ1) is 8.72. The van der Waals surface area contributed by atoms with E-state index in [1.54, 1.807) is 0 Å². The number of rotatable bonds is 5. The summed E-state index contributed by atoms with van der Waals surface area (Å²) in [5.74, 6) is 2.00. The topological polar surface area (TPSA) is 25.2 Å². The van der Waals surface area contributed by atoms with Crippen molar-refractivity contribution in [2.45, 2.75) is 32.7 Å². The highest BCUT2D eigenvalue weighted by atomic mass is 16.3. The van der Waals surface area contributed by atoms with Gasteiger partial charge >= 0.3 is 0 Å². The number of furan rings is 1. The highest BCUT2D eigenvalue weighted by Crippen LogP contribution is 2.23. The van der Waals surface area contributed by atoms with E-state index in [4.69, 9.17) is 4.42 Å². The molecule has 1 heterocycles. The van der Waals surface area contributed by atoms with E-state index in [0.717, 1.165) is 29.9 Å². The van der Waals surface area contributed by atoms with E-state index >= 15 is 0 Å². The lowest BCUT2D eigenvalue weighted by atomic mass is 10.1. The molecular weight excluding hydrogens is 222 g/mol. The Kier molecular flexibility index (Phi) is 4.21. The van der Waals surface area contributed by atoms with Crippen molar-refractivity contribution in [2.24, 2.45) is 0 Å². The third kappa shape index (κ3) is 3.02. The lowest BCUT2D eigenvalue weighted by Crippen LogP contribution is -2.23. The van der Waals surface area contributed by atoms with Gasteiger partial charge in [0.05, 0.1) is 0 Å². The van der Waals surface area contributed by atoms with E-state index in [0.29, 0.717) is 6.04 Å². The zero-order valence-corrected chi connectivity index (χ0v) is 11.4. The average Bonchev–Trinajstić information content (AvgIpc) is 2.87. The van der Waals surface area contributed by atoms with Crippen LogP contribution in [0, 0.1) is 0 Å². The fourth-order valence-corrected chi connectivity index (χ4v) is 1.99. The molecule has 2 rings (SSSR count). The molecule has 0 aliphatic carbocycles. The Morgan fingerprint density at radius 2 is 2.06 bits per heavy atom. The molecule has 0 saturated carbocycles. The summed E-state index contributed by atoms with van der Waals surface area (Å²) in [7, 11) is 1.97. The minimum Gasteiger partial charge on any atom is -0.461 e. The van der Waals surface area contributed by atoms with Crippen molar-refractivity contribution in [1.29, 1.82) is 0 Å². The first kappa shape index (κ1) is 12.9. The largest absolute Gasteiger partial charge is 0.461 e. The first-order valence-electron chi connectivity index (χ1n) is 6.58. The Morgan fingerprint density at radius 3 is 2.78 bits per heavy atom. The third-order valence-electron chi connectivity index (χ3n) is 3.28. The molecule has 2 nitrogen and oxygen atoms in total. The van der Waals surface area contributed by atoms with Crippen LogP contribution in [0.5, 0.6) is 0 Å². The van der Waals surface area contributed by atoms with Crippen LogP contribution >= 0.6 is 0 Å². The summed E-state index contributed by atoms with van der Waals surface area (Å²) < 4.78 is 5.90. The SMILES string of the molecule is CCc1cccc(-c2ccc(CC(C)NC)o2)c1.